The molecule has 0 aliphatic carbocycles. The second kappa shape index (κ2) is 6.74. The van der Waals surface area contributed by atoms with Crippen molar-refractivity contribution < 1.29 is 19.8 Å². The van der Waals surface area contributed by atoms with Gasteiger partial charge in [0.05, 0.1) is 5.41 Å². The van der Waals surface area contributed by atoms with Gasteiger partial charge in [-0.15, -0.1) is 0 Å². The molecule has 126 valence electrons. The second-order valence-corrected chi connectivity index (χ2v) is 6.09. The van der Waals surface area contributed by atoms with Crippen LogP contribution in [0.3, 0.4) is 0 Å². The number of carbonyl (C=O) groups is 2. The number of carboxylic acids is 1. The predicted octanol–water partition coefficient (Wildman–Crippen LogP) is 3.57. The number of carbonyl (C=O) groups excluding carboxylic acids is 1. The average Bonchev–Trinajstić information content (AvgIpc) is 2.55. The number of hydrogen-bond donors (Lipinski definition) is 3. The quantitative estimate of drug-likeness (QED) is 0.783. The Morgan fingerprint density at radius 2 is 1.71 bits per heavy atom. The molecule has 5 nitrogen and oxygen atoms in total. The van der Waals surface area contributed by atoms with Gasteiger partial charge in [0, 0.05) is 11.3 Å². The normalized spacial score (nSPS) is 11.1. The van der Waals surface area contributed by atoms with Crippen LogP contribution in [-0.4, -0.2) is 22.1 Å². The number of hydrogen-bond acceptors (Lipinski definition) is 3. The molecule has 2 aromatic carbocycles. The van der Waals surface area contributed by atoms with E-state index in [2.05, 4.69) is 5.32 Å². The van der Waals surface area contributed by atoms with Gasteiger partial charge in [0.2, 0.25) is 5.91 Å². The monoisotopic (exact) mass is 327 g/mol. The maximum absolute atomic E-state index is 12.7. The van der Waals surface area contributed by atoms with Crippen molar-refractivity contribution in [3.63, 3.8) is 0 Å². The highest BCUT2D eigenvalue weighted by molar-refractivity contribution is 6.00. The molecule has 0 heterocycles. The third kappa shape index (κ3) is 3.25. The maximum atomic E-state index is 12.7. The zero-order valence-corrected chi connectivity index (χ0v) is 14.0. The van der Waals surface area contributed by atoms with Crippen molar-refractivity contribution in [1.82, 2.24) is 0 Å². The zero-order valence-electron chi connectivity index (χ0n) is 14.0. The molecule has 0 atom stereocenters. The molecule has 24 heavy (non-hydrogen) atoms. The van der Waals surface area contributed by atoms with Gasteiger partial charge in [-0.05, 0) is 38.0 Å². The number of aromatic carboxylic acids is 1. The number of aromatic hydroxyl groups is 1. The molecule has 0 saturated heterocycles. The number of carboxylic acid groups (broad SMARTS) is 1. The van der Waals surface area contributed by atoms with Crippen molar-refractivity contribution in [3.05, 3.63) is 59.2 Å². The summed E-state index contributed by atoms with van der Waals surface area (Å²) >= 11 is 0. The summed E-state index contributed by atoms with van der Waals surface area (Å²) < 4.78 is 0. The molecule has 0 fully saturated rings. The molecule has 2 rings (SSSR count). The van der Waals surface area contributed by atoms with E-state index in [0.29, 0.717) is 17.7 Å². The van der Waals surface area contributed by atoms with Gasteiger partial charge in [-0.3, -0.25) is 4.79 Å². The van der Waals surface area contributed by atoms with Crippen molar-refractivity contribution in [1.29, 1.82) is 0 Å². The highest BCUT2D eigenvalue weighted by Crippen LogP contribution is 2.32. The molecule has 3 N–H and O–H groups in total. The van der Waals surface area contributed by atoms with Gasteiger partial charge in [-0.2, -0.15) is 0 Å². The molecule has 0 unspecified atom stereocenters. The van der Waals surface area contributed by atoms with Crippen LogP contribution in [-0.2, 0) is 16.6 Å². The maximum Gasteiger partial charge on any atom is 0.339 e. The first-order valence-electron chi connectivity index (χ1n) is 7.74. The fourth-order valence-electron chi connectivity index (χ4n) is 2.55. The molecule has 0 saturated carbocycles. The Morgan fingerprint density at radius 3 is 2.25 bits per heavy atom. The number of amides is 1. The van der Waals surface area contributed by atoms with Crippen LogP contribution in [0.4, 0.5) is 5.69 Å². The molecule has 0 bridgehead atoms. The van der Waals surface area contributed by atoms with Crippen LogP contribution in [0.5, 0.6) is 5.75 Å². The smallest absolute Gasteiger partial charge is 0.339 e. The number of rotatable bonds is 5. The van der Waals surface area contributed by atoms with Crippen LogP contribution in [0.1, 0.15) is 42.3 Å². The van der Waals surface area contributed by atoms with Crippen LogP contribution < -0.4 is 5.32 Å². The average molecular weight is 327 g/mol. The van der Waals surface area contributed by atoms with Gasteiger partial charge < -0.3 is 15.5 Å². The van der Waals surface area contributed by atoms with Crippen LogP contribution >= 0.6 is 0 Å². The fourth-order valence-corrected chi connectivity index (χ4v) is 2.55. The molecule has 5 heteroatoms. The van der Waals surface area contributed by atoms with Crippen molar-refractivity contribution in [2.24, 2.45) is 0 Å². The topological polar surface area (TPSA) is 86.6 Å². The van der Waals surface area contributed by atoms with Crippen LogP contribution in [0, 0.1) is 0 Å². The Bertz CT molecular complexity index is 766. The molecule has 0 radical (unpaired) electrons. The van der Waals surface area contributed by atoms with Gasteiger partial charge in [0.25, 0.3) is 0 Å². The Kier molecular flexibility index (Phi) is 4.93. The predicted molar refractivity (Wildman–Crippen MR) is 92.5 cm³/mol. The largest absolute Gasteiger partial charge is 0.507 e. The lowest BCUT2D eigenvalue weighted by Crippen LogP contribution is -2.35. The Labute approximate surface area is 141 Å². The fraction of sp³-hybridized carbons (Fsp3) is 0.263. The molecule has 1 amide bonds. The first-order valence-corrected chi connectivity index (χ1v) is 7.74. The van der Waals surface area contributed by atoms with Gasteiger partial charge >= 0.3 is 5.97 Å². The summed E-state index contributed by atoms with van der Waals surface area (Å²) in [5.74, 6) is -1.74. The van der Waals surface area contributed by atoms with E-state index in [0.717, 1.165) is 5.56 Å². The SMILES string of the molecule is CCc1c(NC(=O)C(C)(C)c2ccccc2)ccc(C(=O)O)c1O. The molecule has 0 aliphatic heterocycles. The Morgan fingerprint density at radius 1 is 1.08 bits per heavy atom. The van der Waals surface area contributed by atoms with Gasteiger partial charge in [0.15, 0.2) is 0 Å². The summed E-state index contributed by atoms with van der Waals surface area (Å²) in [7, 11) is 0. The van der Waals surface area contributed by atoms with E-state index in [-0.39, 0.29) is 17.2 Å². The highest BCUT2D eigenvalue weighted by atomic mass is 16.4. The van der Waals surface area contributed by atoms with Crippen LogP contribution in [0.25, 0.3) is 0 Å². The van der Waals surface area contributed by atoms with Gasteiger partial charge in [-0.1, -0.05) is 37.3 Å². The summed E-state index contributed by atoms with van der Waals surface area (Å²) in [4.78, 5) is 23.8. The summed E-state index contributed by atoms with van der Waals surface area (Å²) in [5.41, 5.74) is 0.757. The molecule has 2 aromatic rings. The first-order chi connectivity index (χ1) is 11.3. The van der Waals surface area contributed by atoms with Crippen LogP contribution in [0.15, 0.2) is 42.5 Å². The van der Waals surface area contributed by atoms with E-state index in [1.54, 1.807) is 6.92 Å². The number of anilines is 1. The summed E-state index contributed by atoms with van der Waals surface area (Å²) in [6.45, 7) is 5.42. The van der Waals surface area contributed by atoms with E-state index >= 15 is 0 Å². The number of benzene rings is 2. The van der Waals surface area contributed by atoms with E-state index in [9.17, 15) is 14.7 Å². The lowest BCUT2D eigenvalue weighted by atomic mass is 9.83. The minimum absolute atomic E-state index is 0.174. The molecule has 0 spiro atoms. The second-order valence-electron chi connectivity index (χ2n) is 6.09. The molecule has 0 aliphatic rings. The lowest BCUT2D eigenvalue weighted by molar-refractivity contribution is -0.120. The first kappa shape index (κ1) is 17.5. The Hall–Kier alpha value is -2.82. The van der Waals surface area contributed by atoms with Crippen molar-refractivity contribution in [2.45, 2.75) is 32.6 Å². The summed E-state index contributed by atoms with van der Waals surface area (Å²) in [6, 6.07) is 12.2. The van der Waals surface area contributed by atoms with Gasteiger partial charge in [-0.25, -0.2) is 4.79 Å². The van der Waals surface area contributed by atoms with Crippen molar-refractivity contribution in [2.75, 3.05) is 5.32 Å². The van der Waals surface area contributed by atoms with Crippen molar-refractivity contribution in [3.8, 4) is 5.75 Å². The van der Waals surface area contributed by atoms with Gasteiger partial charge in [0.1, 0.15) is 11.3 Å². The van der Waals surface area contributed by atoms with E-state index in [1.165, 1.54) is 12.1 Å². The minimum atomic E-state index is -1.20. The molecule has 0 aromatic heterocycles. The highest BCUT2D eigenvalue weighted by Gasteiger charge is 2.30. The lowest BCUT2D eigenvalue weighted by Gasteiger charge is -2.25. The summed E-state index contributed by atoms with van der Waals surface area (Å²) in [5, 5.41) is 22.0. The van der Waals surface area contributed by atoms with Crippen LogP contribution in [0.2, 0.25) is 0 Å². The van der Waals surface area contributed by atoms with E-state index in [4.69, 9.17) is 5.11 Å². The molecular weight excluding hydrogens is 306 g/mol. The summed E-state index contributed by atoms with van der Waals surface area (Å²) in [6.07, 6.45) is 0.397. The standard InChI is InChI=1S/C19H21NO4/c1-4-13-15(11-10-14(16(13)21)17(22)23)20-18(24)19(2,3)12-8-6-5-7-9-12/h5-11,21H,4H2,1-3H3,(H,20,24)(H,22,23). The minimum Gasteiger partial charge on any atom is -0.507 e. The van der Waals surface area contributed by atoms with Crippen molar-refractivity contribution >= 4 is 17.6 Å². The molecular formula is C19H21NO4. The third-order valence-electron chi connectivity index (χ3n) is 4.18. The van der Waals surface area contributed by atoms with E-state index < -0.39 is 11.4 Å². The number of nitrogens with one attached hydrogen (secondary N) is 1. The zero-order chi connectivity index (χ0) is 17.9. The Balaban J connectivity index is 2.36. The van der Waals surface area contributed by atoms with E-state index in [1.807, 2.05) is 44.2 Å². The third-order valence-corrected chi connectivity index (χ3v) is 4.18. The number of phenols is 1.